The first-order chi connectivity index (χ1) is 14.8. The molecule has 2 aromatic rings. The summed E-state index contributed by atoms with van der Waals surface area (Å²) in [5, 5.41) is 0. The van der Waals surface area contributed by atoms with Gasteiger partial charge in [0.05, 0.1) is 27.2 Å². The number of ether oxygens (including phenoxy) is 2. The van der Waals surface area contributed by atoms with Gasteiger partial charge in [-0.15, -0.1) is 23.5 Å². The highest BCUT2D eigenvalue weighted by Crippen LogP contribution is 2.45. The van der Waals surface area contributed by atoms with Crippen LogP contribution in [0.25, 0.3) is 0 Å². The molecule has 0 bridgehead atoms. The van der Waals surface area contributed by atoms with Gasteiger partial charge in [0.2, 0.25) is 10.0 Å². The van der Waals surface area contributed by atoms with Crippen molar-refractivity contribution < 1.29 is 22.7 Å². The molecule has 2 aliphatic rings. The number of rotatable bonds is 5. The summed E-state index contributed by atoms with van der Waals surface area (Å²) < 4.78 is 39.1. The van der Waals surface area contributed by atoms with Crippen molar-refractivity contribution in [3.8, 4) is 5.75 Å². The highest BCUT2D eigenvalue weighted by molar-refractivity contribution is 8.19. The maximum Gasteiger partial charge on any atom is 0.343 e. The van der Waals surface area contributed by atoms with E-state index >= 15 is 0 Å². The predicted octanol–water partition coefficient (Wildman–Crippen LogP) is 4.18. The van der Waals surface area contributed by atoms with Gasteiger partial charge in [0.1, 0.15) is 5.75 Å². The summed E-state index contributed by atoms with van der Waals surface area (Å²) in [5.74, 6) is 2.14. The molecule has 4 rings (SSSR count). The van der Waals surface area contributed by atoms with Gasteiger partial charge < -0.3 is 9.47 Å². The second-order valence-corrected chi connectivity index (χ2v) is 12.3. The van der Waals surface area contributed by atoms with Crippen LogP contribution in [0.1, 0.15) is 34.4 Å². The number of hydrogen-bond acceptors (Lipinski definition) is 7. The molecule has 0 saturated carbocycles. The van der Waals surface area contributed by atoms with Gasteiger partial charge in [-0.2, -0.15) is 4.31 Å². The number of benzene rings is 2. The summed E-state index contributed by atoms with van der Waals surface area (Å²) in [6.07, 6.45) is -0.369. The lowest BCUT2D eigenvalue weighted by Gasteiger charge is -2.34. The van der Waals surface area contributed by atoms with Crippen molar-refractivity contribution in [3.05, 3.63) is 59.7 Å². The highest BCUT2D eigenvalue weighted by atomic mass is 32.2. The molecule has 0 N–H and O–H groups in total. The maximum absolute atomic E-state index is 13.1. The third-order valence-electron chi connectivity index (χ3n) is 5.08. The van der Waals surface area contributed by atoms with Gasteiger partial charge in [0.15, 0.2) is 0 Å². The average Bonchev–Trinajstić information content (AvgIpc) is 3.28. The van der Waals surface area contributed by atoms with Crippen molar-refractivity contribution in [2.75, 3.05) is 24.6 Å². The fourth-order valence-electron chi connectivity index (χ4n) is 3.67. The molecule has 31 heavy (non-hydrogen) atoms. The first-order valence-corrected chi connectivity index (χ1v) is 13.7. The third kappa shape index (κ3) is 5.28. The summed E-state index contributed by atoms with van der Waals surface area (Å²) >= 11 is 3.83. The monoisotopic (exact) mass is 479 g/mol. The Kier molecular flexibility index (Phi) is 6.98. The number of carbonyl (C=O) groups excluding carboxylic acids is 1. The van der Waals surface area contributed by atoms with Crippen molar-refractivity contribution in [1.29, 1.82) is 0 Å². The van der Waals surface area contributed by atoms with E-state index in [1.807, 2.05) is 49.5 Å². The van der Waals surface area contributed by atoms with E-state index in [-0.39, 0.29) is 35.8 Å². The van der Waals surface area contributed by atoms with Gasteiger partial charge in [0.25, 0.3) is 0 Å². The molecule has 0 spiro atoms. The van der Waals surface area contributed by atoms with Crippen LogP contribution in [0.5, 0.6) is 5.75 Å². The topological polar surface area (TPSA) is 72.9 Å². The molecule has 2 saturated heterocycles. The zero-order chi connectivity index (χ0) is 22.0. The molecule has 2 fully saturated rings. The molecule has 0 aromatic heterocycles. The Morgan fingerprint density at radius 2 is 1.68 bits per heavy atom. The average molecular weight is 480 g/mol. The fourth-order valence-corrected chi connectivity index (χ4v) is 8.17. The Morgan fingerprint density at radius 1 is 1.03 bits per heavy atom. The summed E-state index contributed by atoms with van der Waals surface area (Å²) in [6, 6.07) is 13.5. The third-order valence-corrected chi connectivity index (χ3v) is 10.0. The lowest BCUT2D eigenvalue weighted by atomic mass is 10.2. The smallest absolute Gasteiger partial charge is 0.343 e. The van der Waals surface area contributed by atoms with Crippen molar-refractivity contribution >= 4 is 39.5 Å². The lowest BCUT2D eigenvalue weighted by Crippen LogP contribution is -2.48. The van der Waals surface area contributed by atoms with Gasteiger partial charge in [-0.25, -0.2) is 13.2 Å². The molecule has 0 aliphatic carbocycles. The molecule has 166 valence electrons. The minimum Gasteiger partial charge on any atom is -0.423 e. The van der Waals surface area contributed by atoms with E-state index in [0.717, 1.165) is 11.5 Å². The Labute approximate surface area is 191 Å². The van der Waals surface area contributed by atoms with E-state index in [1.54, 1.807) is 24.3 Å². The van der Waals surface area contributed by atoms with Crippen LogP contribution in [0.15, 0.2) is 53.4 Å². The summed E-state index contributed by atoms with van der Waals surface area (Å²) in [6.45, 7) is 4.26. The van der Waals surface area contributed by atoms with Gasteiger partial charge in [-0.05, 0) is 49.7 Å². The molecule has 2 heterocycles. The summed E-state index contributed by atoms with van der Waals surface area (Å²) in [7, 11) is -3.73. The quantitative estimate of drug-likeness (QED) is 0.470. The molecular weight excluding hydrogens is 454 g/mol. The Bertz CT molecular complexity index is 1030. The second-order valence-electron chi connectivity index (χ2n) is 7.64. The largest absolute Gasteiger partial charge is 0.423 e. The Hall–Kier alpha value is -1.52. The maximum atomic E-state index is 13.1. The number of morpholine rings is 1. The molecule has 0 radical (unpaired) electrons. The number of nitrogens with zero attached hydrogens (tertiary/aromatic N) is 1. The van der Waals surface area contributed by atoms with Crippen LogP contribution in [-0.2, 0) is 14.8 Å². The minimum absolute atomic E-state index is 0.0777. The normalized spacial score (nSPS) is 23.0. The zero-order valence-electron chi connectivity index (χ0n) is 17.4. The molecular formula is C22H25NO5S3. The SMILES string of the molecule is CC1CN(S(=O)(=O)c2cccc(C(=O)Oc3ccc(C4SCCS4)cc3)c2)CC(C)O1. The molecule has 2 atom stereocenters. The van der Waals surface area contributed by atoms with E-state index in [2.05, 4.69) is 0 Å². The van der Waals surface area contributed by atoms with E-state index in [4.69, 9.17) is 9.47 Å². The van der Waals surface area contributed by atoms with Crippen molar-refractivity contribution in [2.45, 2.75) is 35.5 Å². The van der Waals surface area contributed by atoms with Crippen LogP contribution >= 0.6 is 23.5 Å². The van der Waals surface area contributed by atoms with Crippen LogP contribution in [0.2, 0.25) is 0 Å². The highest BCUT2D eigenvalue weighted by Gasteiger charge is 2.32. The number of esters is 1. The van der Waals surface area contributed by atoms with E-state index < -0.39 is 16.0 Å². The summed E-state index contributed by atoms with van der Waals surface area (Å²) in [5.41, 5.74) is 1.40. The van der Waals surface area contributed by atoms with Crippen LogP contribution in [-0.4, -0.2) is 55.5 Å². The lowest BCUT2D eigenvalue weighted by molar-refractivity contribution is -0.0440. The number of thioether (sulfide) groups is 2. The first kappa shape index (κ1) is 22.7. The van der Waals surface area contributed by atoms with Gasteiger partial charge in [0, 0.05) is 24.6 Å². The molecule has 2 unspecified atom stereocenters. The second kappa shape index (κ2) is 9.54. The molecule has 0 amide bonds. The Balaban J connectivity index is 1.48. The minimum atomic E-state index is -3.73. The molecule has 2 aliphatic heterocycles. The fraction of sp³-hybridized carbons (Fsp3) is 0.409. The number of hydrogen-bond donors (Lipinski definition) is 0. The zero-order valence-corrected chi connectivity index (χ0v) is 19.8. The van der Waals surface area contributed by atoms with Crippen molar-refractivity contribution in [3.63, 3.8) is 0 Å². The number of sulfonamides is 1. The summed E-state index contributed by atoms with van der Waals surface area (Å²) in [4.78, 5) is 12.7. The van der Waals surface area contributed by atoms with Gasteiger partial charge >= 0.3 is 5.97 Å². The number of carbonyl (C=O) groups is 1. The van der Waals surface area contributed by atoms with E-state index in [9.17, 15) is 13.2 Å². The van der Waals surface area contributed by atoms with Gasteiger partial charge in [-0.1, -0.05) is 18.2 Å². The van der Waals surface area contributed by atoms with Crippen LogP contribution in [0, 0.1) is 0 Å². The molecule has 6 nitrogen and oxygen atoms in total. The van der Waals surface area contributed by atoms with Gasteiger partial charge in [-0.3, -0.25) is 0 Å². The van der Waals surface area contributed by atoms with Crippen LogP contribution in [0.3, 0.4) is 0 Å². The van der Waals surface area contributed by atoms with E-state index in [0.29, 0.717) is 10.3 Å². The molecule has 9 heteroatoms. The first-order valence-electron chi connectivity index (χ1n) is 10.1. The Morgan fingerprint density at radius 3 is 2.32 bits per heavy atom. The van der Waals surface area contributed by atoms with E-state index in [1.165, 1.54) is 22.0 Å². The van der Waals surface area contributed by atoms with Crippen molar-refractivity contribution in [1.82, 2.24) is 4.31 Å². The standard InChI is InChI=1S/C22H25NO5S3/c1-15-13-23(14-16(2)27-15)31(25,26)20-5-3-4-18(12-20)21(24)28-19-8-6-17(7-9-19)22-29-10-11-30-22/h3-9,12,15-16,22H,10-11,13-14H2,1-2H3. The van der Waals surface area contributed by atoms with Crippen molar-refractivity contribution in [2.24, 2.45) is 0 Å². The van der Waals surface area contributed by atoms with Crippen LogP contribution in [0.4, 0.5) is 0 Å². The van der Waals surface area contributed by atoms with Crippen LogP contribution < -0.4 is 4.74 Å². The predicted molar refractivity (Wildman–Crippen MR) is 124 cm³/mol. The molecule has 2 aromatic carbocycles.